The second-order valence-electron chi connectivity index (χ2n) is 2.48. The zero-order valence-electron chi connectivity index (χ0n) is 7.21. The van der Waals surface area contributed by atoms with Crippen LogP contribution in [-0.2, 0) is 0 Å². The molecule has 15 heavy (non-hydrogen) atoms. The molecule has 0 N–H and O–H groups in total. The van der Waals surface area contributed by atoms with Crippen LogP contribution in [-0.4, -0.2) is 12.9 Å². The van der Waals surface area contributed by atoms with E-state index < -0.39 is 29.3 Å². The van der Waals surface area contributed by atoms with Gasteiger partial charge in [0.1, 0.15) is 17.6 Å². The number of hydrogen-bond donors (Lipinski definition) is 0. The summed E-state index contributed by atoms with van der Waals surface area (Å²) in [5.41, 5.74) is -0.831. The van der Waals surface area contributed by atoms with E-state index in [2.05, 4.69) is 4.74 Å². The van der Waals surface area contributed by atoms with Gasteiger partial charge in [0.15, 0.2) is 6.29 Å². The first-order chi connectivity index (χ1) is 7.08. The van der Waals surface area contributed by atoms with E-state index in [0.717, 1.165) is 6.07 Å². The van der Waals surface area contributed by atoms with Gasteiger partial charge in [-0.25, -0.2) is 4.39 Å². The predicted molar refractivity (Wildman–Crippen MR) is 43.1 cm³/mol. The van der Waals surface area contributed by atoms with E-state index in [1.165, 1.54) is 6.07 Å². The average Bonchev–Trinajstić information content (AvgIpc) is 2.19. The van der Waals surface area contributed by atoms with Gasteiger partial charge in [0.25, 0.3) is 0 Å². The third kappa shape index (κ3) is 2.47. The van der Waals surface area contributed by atoms with Crippen LogP contribution >= 0.6 is 0 Å². The van der Waals surface area contributed by atoms with Crippen molar-refractivity contribution < 1.29 is 22.7 Å². The van der Waals surface area contributed by atoms with Gasteiger partial charge >= 0.3 is 6.61 Å². The number of benzene rings is 1. The fraction of sp³-hybridized carbons (Fsp3) is 0.111. The number of nitrogens with zero attached hydrogens (tertiary/aromatic N) is 1. The van der Waals surface area contributed by atoms with E-state index in [-0.39, 0.29) is 6.29 Å². The van der Waals surface area contributed by atoms with Crippen LogP contribution in [0.3, 0.4) is 0 Å². The van der Waals surface area contributed by atoms with Gasteiger partial charge in [-0.3, -0.25) is 4.79 Å². The van der Waals surface area contributed by atoms with Crippen LogP contribution in [0.5, 0.6) is 5.75 Å². The fourth-order valence-electron chi connectivity index (χ4n) is 0.940. The Morgan fingerprint density at radius 2 is 2.13 bits per heavy atom. The molecular weight excluding hydrogens is 211 g/mol. The summed E-state index contributed by atoms with van der Waals surface area (Å²) < 4.78 is 40.6. The van der Waals surface area contributed by atoms with Gasteiger partial charge in [-0.2, -0.15) is 14.0 Å². The Labute approximate surface area is 82.7 Å². The van der Waals surface area contributed by atoms with Gasteiger partial charge in [-0.1, -0.05) is 0 Å². The highest BCUT2D eigenvalue weighted by atomic mass is 19.3. The van der Waals surface area contributed by atoms with Crippen molar-refractivity contribution in [2.45, 2.75) is 6.61 Å². The Morgan fingerprint density at radius 3 is 2.60 bits per heavy atom. The summed E-state index contributed by atoms with van der Waals surface area (Å²) in [6.45, 7) is -3.14. The number of aldehydes is 1. The quantitative estimate of drug-likeness (QED) is 0.725. The zero-order valence-corrected chi connectivity index (χ0v) is 7.21. The van der Waals surface area contributed by atoms with Crippen molar-refractivity contribution in [3.63, 3.8) is 0 Å². The molecule has 0 heterocycles. The van der Waals surface area contributed by atoms with E-state index in [4.69, 9.17) is 5.26 Å². The van der Waals surface area contributed by atoms with Crippen molar-refractivity contribution in [2.75, 3.05) is 0 Å². The molecule has 1 rings (SSSR count). The predicted octanol–water partition coefficient (Wildman–Crippen LogP) is 2.11. The largest absolute Gasteiger partial charge is 0.433 e. The van der Waals surface area contributed by atoms with Crippen molar-refractivity contribution in [1.82, 2.24) is 0 Å². The highest BCUT2D eigenvalue weighted by Crippen LogP contribution is 2.23. The van der Waals surface area contributed by atoms with Crippen molar-refractivity contribution in [3.8, 4) is 11.8 Å². The normalized spacial score (nSPS) is 9.80. The van der Waals surface area contributed by atoms with Crippen LogP contribution in [0.25, 0.3) is 0 Å². The highest BCUT2D eigenvalue weighted by Gasteiger charge is 2.13. The van der Waals surface area contributed by atoms with Crippen LogP contribution in [0.1, 0.15) is 15.9 Å². The standard InChI is InChI=1S/C9H4F3NO2/c10-7-1-5(3-13)8(15-9(11)12)2-6(7)4-14/h1-2,4,9H. The van der Waals surface area contributed by atoms with E-state index >= 15 is 0 Å². The third-order valence-electron chi connectivity index (χ3n) is 1.56. The average molecular weight is 215 g/mol. The van der Waals surface area contributed by atoms with E-state index in [9.17, 15) is 18.0 Å². The topological polar surface area (TPSA) is 50.1 Å². The molecule has 0 aliphatic rings. The van der Waals surface area contributed by atoms with Crippen molar-refractivity contribution >= 4 is 6.29 Å². The Balaban J connectivity index is 3.24. The molecule has 0 aliphatic heterocycles. The first-order valence-corrected chi connectivity index (χ1v) is 3.72. The Kier molecular flexibility index (Phi) is 3.29. The van der Waals surface area contributed by atoms with Gasteiger partial charge in [-0.15, -0.1) is 0 Å². The summed E-state index contributed by atoms with van der Waals surface area (Å²) in [7, 11) is 0. The van der Waals surface area contributed by atoms with E-state index in [0.29, 0.717) is 6.07 Å². The molecule has 0 aliphatic carbocycles. The molecule has 6 heteroatoms. The fourth-order valence-corrected chi connectivity index (χ4v) is 0.940. The van der Waals surface area contributed by atoms with Crippen LogP contribution in [0.2, 0.25) is 0 Å². The minimum absolute atomic E-state index is 0.148. The lowest BCUT2D eigenvalue weighted by Crippen LogP contribution is -2.05. The SMILES string of the molecule is N#Cc1cc(F)c(C=O)cc1OC(F)F. The molecule has 1 aromatic rings. The molecule has 78 valence electrons. The summed E-state index contributed by atoms with van der Waals surface area (Å²) in [5.74, 6) is -1.47. The maximum Gasteiger partial charge on any atom is 0.387 e. The Morgan fingerprint density at radius 1 is 1.47 bits per heavy atom. The van der Waals surface area contributed by atoms with Crippen molar-refractivity contribution in [1.29, 1.82) is 5.26 Å². The van der Waals surface area contributed by atoms with Crippen molar-refractivity contribution in [2.24, 2.45) is 0 Å². The third-order valence-corrected chi connectivity index (χ3v) is 1.56. The van der Waals surface area contributed by atoms with E-state index in [1.807, 2.05) is 0 Å². The number of alkyl halides is 2. The number of hydrogen-bond acceptors (Lipinski definition) is 3. The van der Waals surface area contributed by atoms with Gasteiger partial charge in [0.2, 0.25) is 0 Å². The van der Waals surface area contributed by atoms with Gasteiger partial charge in [0, 0.05) is 0 Å². The molecule has 0 aromatic heterocycles. The van der Waals surface area contributed by atoms with Crippen LogP contribution in [0, 0.1) is 17.1 Å². The zero-order chi connectivity index (χ0) is 11.4. The molecule has 0 saturated carbocycles. The molecule has 1 aromatic carbocycles. The molecule has 0 atom stereocenters. The molecule has 3 nitrogen and oxygen atoms in total. The first-order valence-electron chi connectivity index (χ1n) is 3.72. The summed E-state index contributed by atoms with van der Waals surface area (Å²) in [6.07, 6.45) is 0.148. The second-order valence-corrected chi connectivity index (χ2v) is 2.48. The van der Waals surface area contributed by atoms with Gasteiger partial charge in [-0.05, 0) is 12.1 Å². The molecule has 0 amide bonds. The maximum absolute atomic E-state index is 12.9. The molecule has 0 unspecified atom stereocenters. The summed E-state index contributed by atoms with van der Waals surface area (Å²) >= 11 is 0. The minimum Gasteiger partial charge on any atom is -0.433 e. The molecule has 0 saturated heterocycles. The van der Waals surface area contributed by atoms with Crippen LogP contribution in [0.15, 0.2) is 12.1 Å². The number of halogens is 3. The van der Waals surface area contributed by atoms with E-state index in [1.54, 1.807) is 0 Å². The number of ether oxygens (including phenoxy) is 1. The lowest BCUT2D eigenvalue weighted by Gasteiger charge is -2.07. The number of carbonyl (C=O) groups is 1. The molecule has 0 bridgehead atoms. The lowest BCUT2D eigenvalue weighted by molar-refractivity contribution is -0.0501. The Hall–Kier alpha value is -2.03. The van der Waals surface area contributed by atoms with Gasteiger partial charge in [0.05, 0.1) is 11.1 Å². The Bertz CT molecular complexity index is 426. The second kappa shape index (κ2) is 4.46. The molecular formula is C9H4F3NO2. The van der Waals surface area contributed by atoms with Crippen LogP contribution in [0.4, 0.5) is 13.2 Å². The number of rotatable bonds is 3. The minimum atomic E-state index is -3.14. The first kappa shape index (κ1) is 11.0. The summed E-state index contributed by atoms with van der Waals surface area (Å²) in [5, 5.41) is 8.49. The monoisotopic (exact) mass is 215 g/mol. The molecule has 0 fully saturated rings. The van der Waals surface area contributed by atoms with Gasteiger partial charge < -0.3 is 4.74 Å². The maximum atomic E-state index is 12.9. The van der Waals surface area contributed by atoms with Crippen LogP contribution < -0.4 is 4.74 Å². The highest BCUT2D eigenvalue weighted by molar-refractivity contribution is 5.76. The lowest BCUT2D eigenvalue weighted by atomic mass is 10.1. The van der Waals surface area contributed by atoms with Crippen molar-refractivity contribution in [3.05, 3.63) is 29.1 Å². The number of nitriles is 1. The number of carbonyl (C=O) groups excluding carboxylic acids is 1. The molecule has 0 spiro atoms. The summed E-state index contributed by atoms with van der Waals surface area (Å²) in [4.78, 5) is 10.3. The molecule has 0 radical (unpaired) electrons. The smallest absolute Gasteiger partial charge is 0.387 e. The summed E-state index contributed by atoms with van der Waals surface area (Å²) in [6, 6.07) is 2.90.